The van der Waals surface area contributed by atoms with Gasteiger partial charge in [0.25, 0.3) is 0 Å². The summed E-state index contributed by atoms with van der Waals surface area (Å²) in [5.74, 6) is 0.551. The third-order valence-corrected chi connectivity index (χ3v) is 8.60. The second kappa shape index (κ2) is 10.0. The van der Waals surface area contributed by atoms with Gasteiger partial charge in [-0.2, -0.15) is 0 Å². The normalized spacial score (nSPS) is 14.8. The maximum Gasteiger partial charge on any atom is 0.319 e. The van der Waals surface area contributed by atoms with Gasteiger partial charge >= 0.3 is 6.03 Å². The summed E-state index contributed by atoms with van der Waals surface area (Å²) in [4.78, 5) is 18.1. The van der Waals surface area contributed by atoms with Crippen LogP contribution in [0.5, 0.6) is 0 Å². The van der Waals surface area contributed by atoms with E-state index >= 15 is 0 Å². The van der Waals surface area contributed by atoms with Gasteiger partial charge in [0.15, 0.2) is 0 Å². The number of urea groups is 1. The molecule has 1 heterocycles. The zero-order chi connectivity index (χ0) is 22.6. The van der Waals surface area contributed by atoms with Crippen LogP contribution in [0.15, 0.2) is 54.7 Å². The third kappa shape index (κ3) is 5.67. The molecule has 1 aliphatic carbocycles. The highest BCUT2D eigenvalue weighted by molar-refractivity contribution is 7.70. The van der Waals surface area contributed by atoms with Crippen molar-refractivity contribution in [3.63, 3.8) is 0 Å². The van der Waals surface area contributed by atoms with Crippen molar-refractivity contribution in [2.24, 2.45) is 0 Å². The fraction of sp³-hybridized carbons (Fsp3) is 0.360. The summed E-state index contributed by atoms with van der Waals surface area (Å²) in [6.45, 7) is 3.99. The van der Waals surface area contributed by atoms with Crippen LogP contribution >= 0.6 is 18.5 Å². The standard InChI is InChI=1S/C25H30N3O2PS/c1-31(2,30)22-15-20(28-25(29)27-16-18-9-5-3-6-10-18)13-14-21(22)23-17-26-24(32-23)19-11-7-4-8-12-19/h3,5-6,9-10,13-15,17,19H,4,7-8,11-12,16H2,1-2H3,(H2,27,28,29). The zero-order valence-electron chi connectivity index (χ0n) is 18.6. The Hall–Kier alpha value is -2.43. The van der Waals surface area contributed by atoms with Gasteiger partial charge in [-0.05, 0) is 43.9 Å². The highest BCUT2D eigenvalue weighted by atomic mass is 32.1. The fourth-order valence-electron chi connectivity index (χ4n) is 4.17. The van der Waals surface area contributed by atoms with E-state index in [1.165, 1.54) is 37.1 Å². The molecular weight excluding hydrogens is 437 g/mol. The van der Waals surface area contributed by atoms with Gasteiger partial charge in [0.2, 0.25) is 0 Å². The second-order valence-corrected chi connectivity index (χ2v) is 13.0. The summed E-state index contributed by atoms with van der Waals surface area (Å²) in [6, 6.07) is 15.2. The number of hydrogen-bond acceptors (Lipinski definition) is 4. The number of carbonyl (C=O) groups is 1. The molecule has 32 heavy (non-hydrogen) atoms. The highest BCUT2D eigenvalue weighted by Gasteiger charge is 2.23. The number of nitrogens with one attached hydrogen (secondary N) is 2. The van der Waals surface area contributed by atoms with E-state index in [4.69, 9.17) is 4.98 Å². The molecule has 1 aromatic heterocycles. The molecule has 0 aliphatic heterocycles. The molecule has 1 fully saturated rings. The molecule has 0 radical (unpaired) electrons. The molecule has 168 valence electrons. The molecular formula is C25H30N3O2PS. The minimum absolute atomic E-state index is 0.285. The molecule has 0 unspecified atom stereocenters. The van der Waals surface area contributed by atoms with Crippen molar-refractivity contribution < 1.29 is 9.36 Å². The van der Waals surface area contributed by atoms with Gasteiger partial charge in [-0.3, -0.25) is 0 Å². The predicted octanol–water partition coefficient (Wildman–Crippen LogP) is 6.43. The second-order valence-electron chi connectivity index (χ2n) is 8.77. The van der Waals surface area contributed by atoms with Crippen molar-refractivity contribution >= 4 is 35.5 Å². The smallest absolute Gasteiger partial charge is 0.319 e. The molecule has 2 aromatic carbocycles. The van der Waals surface area contributed by atoms with E-state index in [0.717, 1.165) is 21.3 Å². The molecule has 0 bridgehead atoms. The molecule has 7 heteroatoms. The van der Waals surface area contributed by atoms with Gasteiger partial charge in [-0.25, -0.2) is 9.78 Å². The summed E-state index contributed by atoms with van der Waals surface area (Å²) < 4.78 is 13.1. The number of aromatic nitrogens is 1. The number of anilines is 1. The molecule has 5 nitrogen and oxygen atoms in total. The van der Waals surface area contributed by atoms with Gasteiger partial charge in [0, 0.05) is 35.2 Å². The summed E-state index contributed by atoms with van der Waals surface area (Å²) >= 11 is 1.72. The average molecular weight is 468 g/mol. The number of thiazole rings is 1. The largest absolute Gasteiger partial charge is 0.334 e. The van der Waals surface area contributed by atoms with Crippen LogP contribution in [0.3, 0.4) is 0 Å². The Morgan fingerprint density at radius 1 is 1.09 bits per heavy atom. The first-order valence-corrected chi connectivity index (χ1v) is 14.6. The number of amides is 2. The fourth-order valence-corrected chi connectivity index (χ4v) is 6.59. The number of hydrogen-bond donors (Lipinski definition) is 2. The van der Waals surface area contributed by atoms with Crippen LogP contribution in [-0.2, 0) is 11.1 Å². The zero-order valence-corrected chi connectivity index (χ0v) is 20.3. The Morgan fingerprint density at radius 3 is 2.56 bits per heavy atom. The van der Waals surface area contributed by atoms with Crippen LogP contribution in [0.25, 0.3) is 10.4 Å². The third-order valence-electron chi connectivity index (χ3n) is 5.88. The van der Waals surface area contributed by atoms with Crippen molar-refractivity contribution in [2.45, 2.75) is 44.6 Å². The van der Waals surface area contributed by atoms with Crippen molar-refractivity contribution in [1.82, 2.24) is 10.3 Å². The van der Waals surface area contributed by atoms with E-state index in [0.29, 0.717) is 18.2 Å². The van der Waals surface area contributed by atoms with Gasteiger partial charge in [0.1, 0.15) is 7.14 Å². The summed E-state index contributed by atoms with van der Waals surface area (Å²) in [5, 5.41) is 7.71. The van der Waals surface area contributed by atoms with Crippen molar-refractivity contribution in [1.29, 1.82) is 0 Å². The van der Waals surface area contributed by atoms with Crippen LogP contribution in [0.1, 0.15) is 48.6 Å². The first-order chi connectivity index (χ1) is 15.4. The molecule has 0 atom stereocenters. The van der Waals surface area contributed by atoms with E-state index in [2.05, 4.69) is 10.6 Å². The van der Waals surface area contributed by atoms with Crippen LogP contribution in [-0.4, -0.2) is 24.3 Å². The first kappa shape index (κ1) is 22.8. The lowest BCUT2D eigenvalue weighted by molar-refractivity contribution is 0.251. The Balaban J connectivity index is 1.51. The Morgan fingerprint density at radius 2 is 1.84 bits per heavy atom. The average Bonchev–Trinajstić information content (AvgIpc) is 3.29. The van der Waals surface area contributed by atoms with Crippen LogP contribution < -0.4 is 15.9 Å². The van der Waals surface area contributed by atoms with Crippen molar-refractivity contribution in [3.05, 3.63) is 65.3 Å². The maximum atomic E-state index is 13.1. The van der Waals surface area contributed by atoms with E-state index in [9.17, 15) is 9.36 Å². The Labute approximate surface area is 194 Å². The van der Waals surface area contributed by atoms with Gasteiger partial charge in [-0.1, -0.05) is 55.7 Å². The lowest BCUT2D eigenvalue weighted by atomic mass is 9.90. The molecule has 0 saturated heterocycles. The molecule has 1 aliphatic rings. The number of benzene rings is 2. The first-order valence-electron chi connectivity index (χ1n) is 11.1. The van der Waals surface area contributed by atoms with Gasteiger partial charge < -0.3 is 15.2 Å². The monoisotopic (exact) mass is 467 g/mol. The van der Waals surface area contributed by atoms with Gasteiger partial charge in [0.05, 0.1) is 9.88 Å². The molecule has 0 spiro atoms. The maximum absolute atomic E-state index is 13.1. The minimum atomic E-state index is -2.57. The summed E-state index contributed by atoms with van der Waals surface area (Å²) in [6.07, 6.45) is 8.21. The Kier molecular flexibility index (Phi) is 7.12. The number of rotatable bonds is 6. The summed E-state index contributed by atoms with van der Waals surface area (Å²) in [5.41, 5.74) is 2.62. The molecule has 4 rings (SSSR count). The van der Waals surface area contributed by atoms with Gasteiger partial charge in [-0.15, -0.1) is 11.3 Å². The quantitative estimate of drug-likeness (QED) is 0.411. The SMILES string of the molecule is CP(C)(=O)c1cc(NC(=O)NCc2ccccc2)ccc1-c1cnc(C2CCCCC2)s1. The van der Waals surface area contributed by atoms with Crippen molar-refractivity contribution in [3.8, 4) is 10.4 Å². The minimum Gasteiger partial charge on any atom is -0.334 e. The van der Waals surface area contributed by atoms with Crippen LogP contribution in [0.4, 0.5) is 10.5 Å². The molecule has 2 N–H and O–H groups in total. The number of carbonyl (C=O) groups excluding carboxylic acids is 1. The molecule has 1 saturated carbocycles. The van der Waals surface area contributed by atoms with Crippen LogP contribution in [0.2, 0.25) is 0 Å². The summed E-state index contributed by atoms with van der Waals surface area (Å²) in [7, 11) is -2.57. The lowest BCUT2D eigenvalue weighted by Gasteiger charge is -2.19. The van der Waals surface area contributed by atoms with E-state index in [-0.39, 0.29) is 6.03 Å². The van der Waals surface area contributed by atoms with E-state index in [1.54, 1.807) is 24.7 Å². The highest BCUT2D eigenvalue weighted by Crippen LogP contribution is 2.43. The van der Waals surface area contributed by atoms with E-state index < -0.39 is 7.14 Å². The van der Waals surface area contributed by atoms with E-state index in [1.807, 2.05) is 54.7 Å². The number of nitrogens with zero attached hydrogens (tertiary/aromatic N) is 1. The van der Waals surface area contributed by atoms with Crippen molar-refractivity contribution in [2.75, 3.05) is 18.6 Å². The molecule has 3 aromatic rings. The van der Waals surface area contributed by atoms with Crippen LogP contribution in [0, 0.1) is 0 Å². The lowest BCUT2D eigenvalue weighted by Crippen LogP contribution is -2.28. The molecule has 2 amide bonds. The predicted molar refractivity (Wildman–Crippen MR) is 135 cm³/mol. The Bertz CT molecular complexity index is 1120. The topological polar surface area (TPSA) is 71.1 Å².